The van der Waals surface area contributed by atoms with E-state index in [4.69, 9.17) is 4.42 Å². The molecule has 8 heteroatoms. The molecule has 144 valence electrons. The van der Waals surface area contributed by atoms with Gasteiger partial charge in [0.05, 0.1) is 0 Å². The number of halogens is 3. The molecule has 1 N–H and O–H groups in total. The van der Waals surface area contributed by atoms with Crippen LogP contribution >= 0.6 is 15.9 Å². The maximum Gasteiger partial charge on any atom is 0.262 e. The maximum absolute atomic E-state index is 14.1. The van der Waals surface area contributed by atoms with Crippen LogP contribution in [-0.4, -0.2) is 10.9 Å². The van der Waals surface area contributed by atoms with E-state index in [9.17, 15) is 13.6 Å². The van der Waals surface area contributed by atoms with E-state index in [1.165, 1.54) is 6.20 Å². The lowest BCUT2D eigenvalue weighted by Crippen LogP contribution is -2.22. The van der Waals surface area contributed by atoms with Gasteiger partial charge in [-0.05, 0) is 48.5 Å². The second-order valence-electron chi connectivity index (χ2n) is 6.02. The van der Waals surface area contributed by atoms with Crippen molar-refractivity contribution in [2.45, 2.75) is 0 Å². The number of aromatic nitrogens is 1. The molecule has 29 heavy (non-hydrogen) atoms. The molecule has 0 saturated heterocycles. The van der Waals surface area contributed by atoms with Gasteiger partial charge >= 0.3 is 0 Å². The lowest BCUT2D eigenvalue weighted by molar-refractivity contribution is 0.102. The normalized spacial score (nSPS) is 11.6. The van der Waals surface area contributed by atoms with Crippen molar-refractivity contribution in [1.29, 1.82) is 0 Å². The van der Waals surface area contributed by atoms with Crippen LogP contribution < -0.4 is 10.9 Å². The molecule has 5 nitrogen and oxygen atoms in total. The number of anilines is 1. The van der Waals surface area contributed by atoms with Crippen LogP contribution in [0.5, 0.6) is 0 Å². The lowest BCUT2D eigenvalue weighted by Gasteiger charge is -2.07. The van der Waals surface area contributed by atoms with Gasteiger partial charge in [-0.2, -0.15) is 0 Å². The quantitative estimate of drug-likeness (QED) is 0.452. The van der Waals surface area contributed by atoms with Gasteiger partial charge < -0.3 is 9.73 Å². The molecule has 2 aromatic carbocycles. The summed E-state index contributed by atoms with van der Waals surface area (Å²) >= 11 is 3.37. The molecule has 0 aliphatic rings. The fourth-order valence-electron chi connectivity index (χ4n) is 2.65. The third kappa shape index (κ3) is 4.22. The van der Waals surface area contributed by atoms with Gasteiger partial charge in [0.2, 0.25) is 5.55 Å². The fraction of sp³-hybridized carbons (Fsp3) is 0. The van der Waals surface area contributed by atoms with E-state index >= 15 is 0 Å². The summed E-state index contributed by atoms with van der Waals surface area (Å²) in [6, 6.07) is 14.7. The van der Waals surface area contributed by atoms with Crippen LogP contribution in [0, 0.1) is 11.6 Å². The Morgan fingerprint density at radius 1 is 1.07 bits per heavy atom. The Bertz CT molecular complexity index is 1290. The molecule has 0 bridgehead atoms. The first-order valence-electron chi connectivity index (χ1n) is 8.45. The number of carbonyl (C=O) groups is 1. The molecule has 2 heterocycles. The topological polar surface area (TPSA) is 67.5 Å². The van der Waals surface area contributed by atoms with Crippen LogP contribution in [-0.2, 0) is 0 Å². The Kier molecular flexibility index (Phi) is 5.18. The lowest BCUT2D eigenvalue weighted by atomic mass is 10.1. The average Bonchev–Trinajstić information content (AvgIpc) is 2.71. The predicted molar refractivity (Wildman–Crippen MR) is 108 cm³/mol. The van der Waals surface area contributed by atoms with Crippen LogP contribution in [0.4, 0.5) is 20.3 Å². The summed E-state index contributed by atoms with van der Waals surface area (Å²) in [6.07, 6.45) is 1.53. The van der Waals surface area contributed by atoms with Crippen molar-refractivity contribution >= 4 is 44.3 Å². The zero-order valence-corrected chi connectivity index (χ0v) is 16.3. The second kappa shape index (κ2) is 7.92. The standard InChI is InChI=1S/C21H12BrF2N3O2/c22-13-4-7-18-12(9-13)10-15(20(28)27-19-3-1-2-8-25-19)21(29-18)26-17-11-14(23)5-6-16(17)24/h1-11H,(H,25,27,28). The van der Waals surface area contributed by atoms with E-state index < -0.39 is 17.5 Å². The number of pyridine rings is 1. The van der Waals surface area contributed by atoms with Crippen LogP contribution in [0.1, 0.15) is 10.4 Å². The number of nitrogens with zero attached hydrogens (tertiary/aromatic N) is 2. The number of carbonyl (C=O) groups excluding carboxylic acids is 1. The van der Waals surface area contributed by atoms with E-state index in [0.717, 1.165) is 22.7 Å². The molecule has 0 aliphatic heterocycles. The minimum Gasteiger partial charge on any atom is -0.438 e. The third-order valence-electron chi connectivity index (χ3n) is 3.99. The first-order valence-corrected chi connectivity index (χ1v) is 9.24. The minimum atomic E-state index is -0.742. The maximum atomic E-state index is 14.1. The van der Waals surface area contributed by atoms with Crippen molar-refractivity contribution in [3.8, 4) is 0 Å². The highest BCUT2D eigenvalue weighted by Gasteiger charge is 2.15. The zero-order valence-electron chi connectivity index (χ0n) is 14.7. The zero-order chi connectivity index (χ0) is 20.4. The van der Waals surface area contributed by atoms with Crippen molar-refractivity contribution in [3.05, 3.63) is 94.1 Å². The largest absolute Gasteiger partial charge is 0.438 e. The summed E-state index contributed by atoms with van der Waals surface area (Å²) in [5.74, 6) is -1.62. The molecular formula is C21H12BrF2N3O2. The van der Waals surface area contributed by atoms with Gasteiger partial charge in [0.25, 0.3) is 5.91 Å². The molecule has 4 aromatic rings. The summed E-state index contributed by atoms with van der Waals surface area (Å²) in [5, 5.41) is 3.27. The SMILES string of the molecule is O=C(Nc1ccccn1)c1cc2cc(Br)ccc2oc1=Nc1cc(F)ccc1F. The predicted octanol–water partition coefficient (Wildman–Crippen LogP) is 5.35. The van der Waals surface area contributed by atoms with Gasteiger partial charge in [-0.3, -0.25) is 4.79 Å². The fourth-order valence-corrected chi connectivity index (χ4v) is 3.03. The Labute approximate surface area is 171 Å². The highest BCUT2D eigenvalue weighted by molar-refractivity contribution is 9.10. The van der Waals surface area contributed by atoms with Gasteiger partial charge in [0.1, 0.15) is 34.3 Å². The molecule has 0 unspecified atom stereocenters. The van der Waals surface area contributed by atoms with Gasteiger partial charge in [-0.25, -0.2) is 18.8 Å². The van der Waals surface area contributed by atoms with E-state index in [2.05, 4.69) is 31.2 Å². The Morgan fingerprint density at radius 3 is 2.72 bits per heavy atom. The van der Waals surface area contributed by atoms with Crippen molar-refractivity contribution < 1.29 is 18.0 Å². The van der Waals surface area contributed by atoms with Crippen LogP contribution in [0.15, 0.2) is 80.7 Å². The molecule has 2 aromatic heterocycles. The van der Waals surface area contributed by atoms with E-state index in [-0.39, 0.29) is 16.8 Å². The minimum absolute atomic E-state index is 0.0462. The van der Waals surface area contributed by atoms with Crippen molar-refractivity contribution in [2.24, 2.45) is 4.99 Å². The molecular weight excluding hydrogens is 444 g/mol. The summed E-state index contributed by atoms with van der Waals surface area (Å²) < 4.78 is 34.2. The number of hydrogen-bond acceptors (Lipinski definition) is 4. The molecule has 1 amide bonds. The number of benzene rings is 2. The molecule has 0 saturated carbocycles. The Balaban J connectivity index is 1.90. The van der Waals surface area contributed by atoms with Gasteiger partial charge in [-0.1, -0.05) is 22.0 Å². The van der Waals surface area contributed by atoms with E-state index in [1.807, 2.05) is 0 Å². The summed E-state index contributed by atoms with van der Waals surface area (Å²) in [7, 11) is 0. The average molecular weight is 456 g/mol. The first kappa shape index (κ1) is 18.9. The summed E-state index contributed by atoms with van der Waals surface area (Å²) in [5.41, 5.74) is 0.0397. The highest BCUT2D eigenvalue weighted by atomic mass is 79.9. The number of amides is 1. The van der Waals surface area contributed by atoms with Gasteiger partial charge in [-0.15, -0.1) is 0 Å². The number of hydrogen-bond donors (Lipinski definition) is 1. The Morgan fingerprint density at radius 2 is 1.93 bits per heavy atom. The molecule has 0 aliphatic carbocycles. The van der Waals surface area contributed by atoms with E-state index in [0.29, 0.717) is 16.8 Å². The smallest absolute Gasteiger partial charge is 0.262 e. The monoisotopic (exact) mass is 455 g/mol. The molecule has 0 spiro atoms. The number of rotatable bonds is 3. The third-order valence-corrected chi connectivity index (χ3v) is 4.48. The highest BCUT2D eigenvalue weighted by Crippen LogP contribution is 2.22. The van der Waals surface area contributed by atoms with Crippen LogP contribution in [0.2, 0.25) is 0 Å². The number of fused-ring (bicyclic) bond motifs is 1. The molecule has 0 atom stereocenters. The molecule has 0 fully saturated rings. The summed E-state index contributed by atoms with van der Waals surface area (Å²) in [6.45, 7) is 0. The van der Waals surface area contributed by atoms with Crippen molar-refractivity contribution in [2.75, 3.05) is 5.32 Å². The molecule has 0 radical (unpaired) electrons. The molecule has 4 rings (SSSR count). The Hall–Kier alpha value is -3.39. The van der Waals surface area contributed by atoms with Crippen LogP contribution in [0.3, 0.4) is 0 Å². The first-order chi connectivity index (χ1) is 14.0. The number of nitrogens with one attached hydrogen (secondary N) is 1. The van der Waals surface area contributed by atoms with Gasteiger partial charge in [0, 0.05) is 22.1 Å². The van der Waals surface area contributed by atoms with Gasteiger partial charge in [0.15, 0.2) is 0 Å². The summed E-state index contributed by atoms with van der Waals surface area (Å²) in [4.78, 5) is 21.0. The van der Waals surface area contributed by atoms with Crippen molar-refractivity contribution in [1.82, 2.24) is 4.98 Å². The van der Waals surface area contributed by atoms with Crippen molar-refractivity contribution in [3.63, 3.8) is 0 Å². The van der Waals surface area contributed by atoms with Crippen LogP contribution in [0.25, 0.3) is 11.0 Å². The second-order valence-corrected chi connectivity index (χ2v) is 6.94. The van der Waals surface area contributed by atoms with E-state index in [1.54, 1.807) is 42.5 Å².